The Morgan fingerprint density at radius 2 is 2.05 bits per heavy atom. The van der Waals surface area contributed by atoms with Crippen molar-refractivity contribution in [2.75, 3.05) is 26.7 Å². The van der Waals surface area contributed by atoms with Crippen molar-refractivity contribution in [3.05, 3.63) is 18.0 Å². The maximum absolute atomic E-state index is 12.3. The molecule has 2 N–H and O–H groups in total. The SMILES string of the molecule is COC(=O)CNC(=O)c1cc(S(=O)(=O)N2CCCC2)c[nH]1. The van der Waals surface area contributed by atoms with Gasteiger partial charge in [-0.3, -0.25) is 9.59 Å². The molecule has 1 aliphatic rings. The maximum atomic E-state index is 12.3. The van der Waals surface area contributed by atoms with Crippen LogP contribution in [-0.4, -0.2) is 56.3 Å². The van der Waals surface area contributed by atoms with Crippen molar-refractivity contribution in [1.82, 2.24) is 14.6 Å². The lowest BCUT2D eigenvalue weighted by molar-refractivity contribution is -0.139. The summed E-state index contributed by atoms with van der Waals surface area (Å²) >= 11 is 0. The Hall–Kier alpha value is -1.87. The van der Waals surface area contributed by atoms with E-state index in [1.54, 1.807) is 0 Å². The van der Waals surface area contributed by atoms with Gasteiger partial charge in [0.05, 0.1) is 7.11 Å². The lowest BCUT2D eigenvalue weighted by atomic mass is 10.4. The Morgan fingerprint density at radius 1 is 1.38 bits per heavy atom. The molecule has 1 aromatic heterocycles. The van der Waals surface area contributed by atoms with Crippen LogP contribution in [0, 0.1) is 0 Å². The number of H-pyrrole nitrogens is 1. The lowest BCUT2D eigenvalue weighted by Crippen LogP contribution is -2.30. The van der Waals surface area contributed by atoms with Crippen molar-refractivity contribution in [3.63, 3.8) is 0 Å². The van der Waals surface area contributed by atoms with Crippen LogP contribution in [0.3, 0.4) is 0 Å². The maximum Gasteiger partial charge on any atom is 0.325 e. The molecular formula is C12H17N3O5S. The first-order valence-electron chi connectivity index (χ1n) is 6.48. The molecular weight excluding hydrogens is 298 g/mol. The Bertz CT molecular complexity index is 631. The summed E-state index contributed by atoms with van der Waals surface area (Å²) in [4.78, 5) is 25.4. The fourth-order valence-corrected chi connectivity index (χ4v) is 3.56. The zero-order valence-corrected chi connectivity index (χ0v) is 12.4. The van der Waals surface area contributed by atoms with E-state index in [0.717, 1.165) is 12.8 Å². The van der Waals surface area contributed by atoms with E-state index in [9.17, 15) is 18.0 Å². The van der Waals surface area contributed by atoms with Gasteiger partial charge in [0.2, 0.25) is 10.0 Å². The standard InChI is InChI=1S/C12H17N3O5S/c1-20-11(16)8-14-12(17)10-6-9(7-13-10)21(18,19)15-4-2-3-5-15/h6-7,13H,2-5,8H2,1H3,(H,14,17). The molecule has 0 radical (unpaired) electrons. The first-order chi connectivity index (χ1) is 9.95. The van der Waals surface area contributed by atoms with E-state index in [-0.39, 0.29) is 17.1 Å². The summed E-state index contributed by atoms with van der Waals surface area (Å²) in [5, 5.41) is 2.33. The first kappa shape index (κ1) is 15.5. The van der Waals surface area contributed by atoms with Gasteiger partial charge in [0.15, 0.2) is 0 Å². The molecule has 21 heavy (non-hydrogen) atoms. The second-order valence-electron chi connectivity index (χ2n) is 4.62. The van der Waals surface area contributed by atoms with Crippen LogP contribution in [0.15, 0.2) is 17.2 Å². The van der Waals surface area contributed by atoms with Crippen LogP contribution in [0.1, 0.15) is 23.3 Å². The largest absolute Gasteiger partial charge is 0.468 e. The van der Waals surface area contributed by atoms with Crippen LogP contribution in [0.5, 0.6) is 0 Å². The molecule has 1 aliphatic heterocycles. The number of carbonyl (C=O) groups is 2. The molecule has 1 fully saturated rings. The molecule has 0 unspecified atom stereocenters. The highest BCUT2D eigenvalue weighted by Gasteiger charge is 2.28. The van der Waals surface area contributed by atoms with Gasteiger partial charge in [-0.05, 0) is 18.9 Å². The van der Waals surface area contributed by atoms with Crippen LogP contribution in [0.4, 0.5) is 0 Å². The minimum atomic E-state index is -3.56. The zero-order chi connectivity index (χ0) is 15.5. The summed E-state index contributed by atoms with van der Waals surface area (Å²) in [6.45, 7) is 0.720. The number of rotatable bonds is 5. The summed E-state index contributed by atoms with van der Waals surface area (Å²) in [6, 6.07) is 1.26. The Kier molecular flexibility index (Phi) is 4.63. The quantitative estimate of drug-likeness (QED) is 0.725. The topological polar surface area (TPSA) is 109 Å². The lowest BCUT2D eigenvalue weighted by Gasteiger charge is -2.13. The Labute approximate surface area is 122 Å². The molecule has 2 heterocycles. The predicted octanol–water partition coefficient (Wildman–Crippen LogP) is -0.298. The van der Waals surface area contributed by atoms with Crippen molar-refractivity contribution in [2.45, 2.75) is 17.7 Å². The van der Waals surface area contributed by atoms with Crippen molar-refractivity contribution in [1.29, 1.82) is 0 Å². The van der Waals surface area contributed by atoms with E-state index < -0.39 is 21.9 Å². The van der Waals surface area contributed by atoms with E-state index >= 15 is 0 Å². The first-order valence-corrected chi connectivity index (χ1v) is 7.92. The summed E-state index contributed by atoms with van der Waals surface area (Å²) in [5.41, 5.74) is 0.0803. The third kappa shape index (κ3) is 3.42. The summed E-state index contributed by atoms with van der Waals surface area (Å²) in [7, 11) is -2.34. The average molecular weight is 315 g/mol. The van der Waals surface area contributed by atoms with Crippen LogP contribution >= 0.6 is 0 Å². The van der Waals surface area contributed by atoms with Crippen molar-refractivity contribution >= 4 is 21.9 Å². The number of sulfonamides is 1. The van der Waals surface area contributed by atoms with E-state index in [0.29, 0.717) is 13.1 Å². The molecule has 1 aromatic rings. The second kappa shape index (κ2) is 6.27. The van der Waals surface area contributed by atoms with Crippen LogP contribution in [0.2, 0.25) is 0 Å². The smallest absolute Gasteiger partial charge is 0.325 e. The van der Waals surface area contributed by atoms with Gasteiger partial charge in [-0.2, -0.15) is 4.31 Å². The molecule has 9 heteroatoms. The molecule has 0 saturated carbocycles. The van der Waals surface area contributed by atoms with Crippen LogP contribution in [-0.2, 0) is 19.6 Å². The molecule has 0 aromatic carbocycles. The molecule has 0 aliphatic carbocycles. The van der Waals surface area contributed by atoms with E-state index in [1.165, 1.54) is 23.7 Å². The van der Waals surface area contributed by atoms with Gasteiger partial charge in [-0.25, -0.2) is 8.42 Å². The Morgan fingerprint density at radius 3 is 2.67 bits per heavy atom. The second-order valence-corrected chi connectivity index (χ2v) is 6.56. The van der Waals surface area contributed by atoms with Crippen molar-refractivity contribution in [3.8, 4) is 0 Å². The highest BCUT2D eigenvalue weighted by Crippen LogP contribution is 2.21. The van der Waals surface area contributed by atoms with Crippen molar-refractivity contribution < 1.29 is 22.7 Å². The summed E-state index contributed by atoms with van der Waals surface area (Å²) in [6.07, 6.45) is 2.97. The molecule has 8 nitrogen and oxygen atoms in total. The Balaban J connectivity index is 2.07. The molecule has 1 amide bonds. The number of aromatic amines is 1. The fourth-order valence-electron chi connectivity index (χ4n) is 2.05. The van der Waals surface area contributed by atoms with Crippen LogP contribution in [0.25, 0.3) is 0 Å². The number of carbonyl (C=O) groups excluding carboxylic acids is 2. The average Bonchev–Trinajstić information content (AvgIpc) is 3.14. The van der Waals surface area contributed by atoms with E-state index in [4.69, 9.17) is 0 Å². The minimum absolute atomic E-state index is 0.0487. The number of esters is 1. The highest BCUT2D eigenvalue weighted by molar-refractivity contribution is 7.89. The number of amides is 1. The molecule has 1 saturated heterocycles. The normalized spacial score (nSPS) is 15.9. The molecule has 0 atom stereocenters. The number of ether oxygens (including phenoxy) is 1. The number of hydrogen-bond acceptors (Lipinski definition) is 5. The molecule has 0 spiro atoms. The molecule has 2 rings (SSSR count). The van der Waals surface area contributed by atoms with Gasteiger partial charge >= 0.3 is 5.97 Å². The number of nitrogens with zero attached hydrogens (tertiary/aromatic N) is 1. The third-order valence-corrected chi connectivity index (χ3v) is 5.10. The van der Waals surface area contributed by atoms with Gasteiger partial charge < -0.3 is 15.0 Å². The van der Waals surface area contributed by atoms with Gasteiger partial charge in [0.25, 0.3) is 5.91 Å². The van der Waals surface area contributed by atoms with E-state index in [2.05, 4.69) is 15.0 Å². The van der Waals surface area contributed by atoms with Crippen molar-refractivity contribution in [2.24, 2.45) is 0 Å². The monoisotopic (exact) mass is 315 g/mol. The summed E-state index contributed by atoms with van der Waals surface area (Å²) < 4.78 is 30.4. The minimum Gasteiger partial charge on any atom is -0.468 e. The zero-order valence-electron chi connectivity index (χ0n) is 11.6. The van der Waals surface area contributed by atoms with Gasteiger partial charge in [-0.1, -0.05) is 0 Å². The number of nitrogens with one attached hydrogen (secondary N) is 2. The van der Waals surface area contributed by atoms with Gasteiger partial charge in [0.1, 0.15) is 17.1 Å². The van der Waals surface area contributed by atoms with Gasteiger partial charge in [-0.15, -0.1) is 0 Å². The molecule has 0 bridgehead atoms. The molecule has 116 valence electrons. The number of hydrogen-bond donors (Lipinski definition) is 2. The summed E-state index contributed by atoms with van der Waals surface area (Å²) in [5.74, 6) is -1.15. The van der Waals surface area contributed by atoms with E-state index in [1.807, 2.05) is 0 Å². The number of aromatic nitrogens is 1. The van der Waals surface area contributed by atoms with Crippen LogP contribution < -0.4 is 5.32 Å². The van der Waals surface area contributed by atoms with Gasteiger partial charge in [0, 0.05) is 19.3 Å². The fraction of sp³-hybridized carbons (Fsp3) is 0.500. The highest BCUT2D eigenvalue weighted by atomic mass is 32.2. The number of methoxy groups -OCH3 is 1. The predicted molar refractivity (Wildman–Crippen MR) is 73.1 cm³/mol. The third-order valence-electron chi connectivity index (χ3n) is 3.22.